The third-order valence-electron chi connectivity index (χ3n) is 3.46. The van der Waals surface area contributed by atoms with Crippen molar-refractivity contribution in [3.05, 3.63) is 0 Å². The van der Waals surface area contributed by atoms with E-state index in [4.69, 9.17) is 0 Å². The Kier molecular flexibility index (Phi) is 5.49. The lowest BCUT2D eigenvalue weighted by Crippen LogP contribution is -2.40. The van der Waals surface area contributed by atoms with Gasteiger partial charge in [-0.05, 0) is 39.3 Å². The van der Waals surface area contributed by atoms with Crippen molar-refractivity contribution in [1.82, 2.24) is 10.2 Å². The van der Waals surface area contributed by atoms with Gasteiger partial charge in [0.15, 0.2) is 0 Å². The summed E-state index contributed by atoms with van der Waals surface area (Å²) in [6.07, 6.45) is 5.83. The van der Waals surface area contributed by atoms with Gasteiger partial charge in [0.25, 0.3) is 0 Å². The second kappa shape index (κ2) is 6.41. The Balaban J connectivity index is 2.15. The van der Waals surface area contributed by atoms with Crippen LogP contribution in [0.5, 0.6) is 0 Å². The predicted octanol–water partition coefficient (Wildman–Crippen LogP) is 2.11. The normalized spacial score (nSPS) is 20.6. The van der Waals surface area contributed by atoms with E-state index < -0.39 is 0 Å². The van der Waals surface area contributed by atoms with Gasteiger partial charge in [0.05, 0.1) is 0 Å². The maximum Gasteiger partial charge on any atom is 0.0189 e. The molecule has 0 aromatic heterocycles. The SMILES string of the molecule is CCNCC(C)N(C)CC1CCCC1. The van der Waals surface area contributed by atoms with E-state index in [1.807, 2.05) is 0 Å². The highest BCUT2D eigenvalue weighted by molar-refractivity contribution is 4.74. The Hall–Kier alpha value is -0.0800. The van der Waals surface area contributed by atoms with Gasteiger partial charge in [-0.1, -0.05) is 19.8 Å². The molecule has 1 rings (SSSR count). The summed E-state index contributed by atoms with van der Waals surface area (Å²) in [4.78, 5) is 2.51. The second-order valence-corrected chi connectivity index (χ2v) is 4.75. The van der Waals surface area contributed by atoms with Crippen molar-refractivity contribution in [1.29, 1.82) is 0 Å². The summed E-state index contributed by atoms with van der Waals surface area (Å²) in [5.74, 6) is 0.976. The molecule has 1 aliphatic rings. The van der Waals surface area contributed by atoms with Gasteiger partial charge in [0, 0.05) is 19.1 Å². The fourth-order valence-corrected chi connectivity index (χ4v) is 2.29. The van der Waals surface area contributed by atoms with Crippen LogP contribution in [-0.4, -0.2) is 37.6 Å². The monoisotopic (exact) mass is 198 g/mol. The molecule has 1 fully saturated rings. The molecule has 0 heterocycles. The quantitative estimate of drug-likeness (QED) is 0.703. The number of nitrogens with one attached hydrogen (secondary N) is 1. The van der Waals surface area contributed by atoms with E-state index in [2.05, 4.69) is 31.1 Å². The summed E-state index contributed by atoms with van der Waals surface area (Å²) in [7, 11) is 2.26. The molecule has 0 bridgehead atoms. The first-order valence-electron chi connectivity index (χ1n) is 6.15. The second-order valence-electron chi connectivity index (χ2n) is 4.75. The van der Waals surface area contributed by atoms with Gasteiger partial charge in [-0.25, -0.2) is 0 Å². The molecule has 1 atom stereocenters. The van der Waals surface area contributed by atoms with Crippen LogP contribution in [0.4, 0.5) is 0 Å². The standard InChI is InChI=1S/C12H26N2/c1-4-13-9-11(2)14(3)10-12-7-5-6-8-12/h11-13H,4-10H2,1-3H3. The molecule has 1 saturated carbocycles. The first kappa shape index (κ1) is 12.0. The fourth-order valence-electron chi connectivity index (χ4n) is 2.29. The lowest BCUT2D eigenvalue weighted by Gasteiger charge is -2.27. The number of nitrogens with zero attached hydrogens (tertiary/aromatic N) is 1. The van der Waals surface area contributed by atoms with Crippen molar-refractivity contribution in [2.24, 2.45) is 5.92 Å². The molecule has 84 valence electrons. The topological polar surface area (TPSA) is 15.3 Å². The highest BCUT2D eigenvalue weighted by atomic mass is 15.1. The van der Waals surface area contributed by atoms with Crippen LogP contribution < -0.4 is 5.32 Å². The highest BCUT2D eigenvalue weighted by Gasteiger charge is 2.18. The molecule has 0 aromatic carbocycles. The first-order chi connectivity index (χ1) is 6.74. The van der Waals surface area contributed by atoms with Gasteiger partial charge < -0.3 is 10.2 Å². The third-order valence-corrected chi connectivity index (χ3v) is 3.46. The minimum atomic E-state index is 0.676. The molecule has 2 nitrogen and oxygen atoms in total. The van der Waals surface area contributed by atoms with Crippen molar-refractivity contribution < 1.29 is 0 Å². The number of hydrogen-bond donors (Lipinski definition) is 1. The summed E-state index contributed by atoms with van der Waals surface area (Å²) in [5, 5.41) is 3.41. The van der Waals surface area contributed by atoms with Gasteiger partial charge in [0.1, 0.15) is 0 Å². The zero-order valence-electron chi connectivity index (χ0n) is 10.1. The van der Waals surface area contributed by atoms with E-state index in [0.717, 1.165) is 19.0 Å². The van der Waals surface area contributed by atoms with E-state index in [1.165, 1.54) is 32.2 Å². The van der Waals surface area contributed by atoms with Crippen LogP contribution in [0.15, 0.2) is 0 Å². The Bertz CT molecular complexity index is 141. The third kappa shape index (κ3) is 3.97. The van der Waals surface area contributed by atoms with Crippen LogP contribution in [-0.2, 0) is 0 Å². The van der Waals surface area contributed by atoms with Crippen molar-refractivity contribution in [3.63, 3.8) is 0 Å². The van der Waals surface area contributed by atoms with Crippen LogP contribution in [0.1, 0.15) is 39.5 Å². The maximum atomic E-state index is 3.41. The molecule has 0 radical (unpaired) electrons. The predicted molar refractivity (Wildman–Crippen MR) is 62.6 cm³/mol. The molecule has 2 heteroatoms. The average molecular weight is 198 g/mol. The molecule has 1 unspecified atom stereocenters. The molecular weight excluding hydrogens is 172 g/mol. The lowest BCUT2D eigenvalue weighted by molar-refractivity contribution is 0.215. The van der Waals surface area contributed by atoms with E-state index in [9.17, 15) is 0 Å². The molecule has 0 aromatic rings. The Morgan fingerprint density at radius 2 is 2.00 bits per heavy atom. The molecule has 14 heavy (non-hydrogen) atoms. The minimum absolute atomic E-state index is 0.676. The summed E-state index contributed by atoms with van der Waals surface area (Å²) >= 11 is 0. The van der Waals surface area contributed by atoms with Crippen LogP contribution >= 0.6 is 0 Å². The van der Waals surface area contributed by atoms with Gasteiger partial charge in [-0.3, -0.25) is 0 Å². The maximum absolute atomic E-state index is 3.41. The van der Waals surface area contributed by atoms with Crippen LogP contribution in [0.2, 0.25) is 0 Å². The number of likely N-dealkylation sites (N-methyl/N-ethyl adjacent to an activating group) is 2. The van der Waals surface area contributed by atoms with Crippen LogP contribution in [0.25, 0.3) is 0 Å². The number of rotatable bonds is 6. The smallest absolute Gasteiger partial charge is 0.0189 e. The average Bonchev–Trinajstić information content (AvgIpc) is 2.66. The molecule has 0 aliphatic heterocycles. The summed E-state index contributed by atoms with van der Waals surface area (Å²) < 4.78 is 0. The van der Waals surface area contributed by atoms with Gasteiger partial charge in [-0.2, -0.15) is 0 Å². The highest BCUT2D eigenvalue weighted by Crippen LogP contribution is 2.25. The van der Waals surface area contributed by atoms with E-state index in [-0.39, 0.29) is 0 Å². The van der Waals surface area contributed by atoms with Gasteiger partial charge >= 0.3 is 0 Å². The molecule has 0 saturated heterocycles. The van der Waals surface area contributed by atoms with E-state index in [0.29, 0.717) is 6.04 Å². The van der Waals surface area contributed by atoms with Gasteiger partial charge in [0.2, 0.25) is 0 Å². The van der Waals surface area contributed by atoms with Crippen molar-refractivity contribution in [2.75, 3.05) is 26.7 Å². The molecule has 1 aliphatic carbocycles. The fraction of sp³-hybridized carbons (Fsp3) is 1.00. The molecule has 0 spiro atoms. The summed E-state index contributed by atoms with van der Waals surface area (Å²) in [6, 6.07) is 0.676. The Labute approximate surface area is 89.1 Å². The first-order valence-corrected chi connectivity index (χ1v) is 6.15. The number of hydrogen-bond acceptors (Lipinski definition) is 2. The minimum Gasteiger partial charge on any atom is -0.315 e. The van der Waals surface area contributed by atoms with Crippen LogP contribution in [0, 0.1) is 5.92 Å². The molecule has 0 amide bonds. The van der Waals surface area contributed by atoms with Crippen LogP contribution in [0.3, 0.4) is 0 Å². The van der Waals surface area contributed by atoms with E-state index >= 15 is 0 Å². The summed E-state index contributed by atoms with van der Waals surface area (Å²) in [5.41, 5.74) is 0. The zero-order valence-corrected chi connectivity index (χ0v) is 10.1. The van der Waals surface area contributed by atoms with Gasteiger partial charge in [-0.15, -0.1) is 0 Å². The largest absolute Gasteiger partial charge is 0.315 e. The summed E-state index contributed by atoms with van der Waals surface area (Å²) in [6.45, 7) is 8.00. The molecular formula is C12H26N2. The Morgan fingerprint density at radius 3 is 2.57 bits per heavy atom. The van der Waals surface area contributed by atoms with E-state index in [1.54, 1.807) is 0 Å². The lowest BCUT2D eigenvalue weighted by atomic mass is 10.1. The zero-order chi connectivity index (χ0) is 10.4. The van der Waals surface area contributed by atoms with Crippen molar-refractivity contribution in [3.8, 4) is 0 Å². The van der Waals surface area contributed by atoms with Crippen molar-refractivity contribution in [2.45, 2.75) is 45.6 Å². The molecule has 1 N–H and O–H groups in total. The van der Waals surface area contributed by atoms with Crippen molar-refractivity contribution >= 4 is 0 Å². The Morgan fingerprint density at radius 1 is 1.36 bits per heavy atom.